The molecule has 0 aromatic carbocycles. The van der Waals surface area contributed by atoms with Crippen LogP contribution in [0.3, 0.4) is 0 Å². The van der Waals surface area contributed by atoms with Crippen molar-refractivity contribution in [3.63, 3.8) is 0 Å². The van der Waals surface area contributed by atoms with Crippen molar-refractivity contribution in [1.29, 1.82) is 0 Å². The van der Waals surface area contributed by atoms with E-state index in [0.29, 0.717) is 11.8 Å². The molecule has 2 fully saturated rings. The van der Waals surface area contributed by atoms with E-state index >= 15 is 0 Å². The van der Waals surface area contributed by atoms with Crippen LogP contribution in [-0.2, 0) is 4.79 Å². The summed E-state index contributed by atoms with van der Waals surface area (Å²) in [5, 5.41) is 0. The number of nitrogens with zero attached hydrogens (tertiary/aromatic N) is 2. The van der Waals surface area contributed by atoms with Gasteiger partial charge in [0.25, 0.3) is 0 Å². The molecule has 2 rings (SSSR count). The van der Waals surface area contributed by atoms with Crippen LogP contribution in [0.4, 0.5) is 0 Å². The highest BCUT2D eigenvalue weighted by molar-refractivity contribution is 5.73. The predicted molar refractivity (Wildman–Crippen MR) is 55.6 cm³/mol. The van der Waals surface area contributed by atoms with E-state index < -0.39 is 0 Å². The van der Waals surface area contributed by atoms with Crippen LogP contribution >= 0.6 is 0 Å². The number of carbonyl (C=O) groups is 1. The lowest BCUT2D eigenvalue weighted by Gasteiger charge is -2.22. The molecule has 2 unspecified atom stereocenters. The van der Waals surface area contributed by atoms with Crippen LogP contribution in [0, 0.1) is 11.8 Å². The molecule has 2 aliphatic rings. The Labute approximate surface area is 85.4 Å². The summed E-state index contributed by atoms with van der Waals surface area (Å²) in [5.74, 6) is 1.58. The van der Waals surface area contributed by atoms with Crippen molar-refractivity contribution in [2.24, 2.45) is 11.8 Å². The smallest absolute Gasteiger partial charge is 0.219 e. The number of hydrogen-bond donors (Lipinski definition) is 0. The van der Waals surface area contributed by atoms with Crippen molar-refractivity contribution >= 4 is 5.91 Å². The van der Waals surface area contributed by atoms with Crippen molar-refractivity contribution in [2.75, 3.05) is 26.2 Å². The molecule has 14 heavy (non-hydrogen) atoms. The van der Waals surface area contributed by atoms with Gasteiger partial charge >= 0.3 is 0 Å². The second-order valence-corrected chi connectivity index (χ2v) is 4.58. The Morgan fingerprint density at radius 2 is 1.50 bits per heavy atom. The van der Waals surface area contributed by atoms with Crippen LogP contribution in [0.5, 0.6) is 0 Å². The summed E-state index contributed by atoms with van der Waals surface area (Å²) in [6.07, 6.45) is 0. The maximum Gasteiger partial charge on any atom is 0.219 e. The SMILES string of the molecule is C=C(C)N1CC2CN(C(C)=O)CC2C1. The molecule has 78 valence electrons. The lowest BCUT2D eigenvalue weighted by Crippen LogP contribution is -2.30. The van der Waals surface area contributed by atoms with Crippen molar-refractivity contribution in [1.82, 2.24) is 9.80 Å². The molecular formula is C11H18N2O. The first-order valence-electron chi connectivity index (χ1n) is 5.24. The largest absolute Gasteiger partial charge is 0.375 e. The summed E-state index contributed by atoms with van der Waals surface area (Å²) in [4.78, 5) is 15.5. The first-order chi connectivity index (χ1) is 6.58. The summed E-state index contributed by atoms with van der Waals surface area (Å²) in [5.41, 5.74) is 1.16. The molecule has 0 aromatic rings. The highest BCUT2D eigenvalue weighted by Crippen LogP contribution is 2.32. The molecule has 0 aliphatic carbocycles. The fraction of sp³-hybridized carbons (Fsp3) is 0.727. The Balaban J connectivity index is 1.96. The van der Waals surface area contributed by atoms with E-state index in [1.165, 1.54) is 0 Å². The molecule has 1 amide bonds. The summed E-state index contributed by atoms with van der Waals surface area (Å²) < 4.78 is 0. The molecule has 3 heteroatoms. The minimum Gasteiger partial charge on any atom is -0.375 e. The van der Waals surface area contributed by atoms with Crippen molar-refractivity contribution in [3.8, 4) is 0 Å². The zero-order valence-corrected chi connectivity index (χ0v) is 8.99. The van der Waals surface area contributed by atoms with Gasteiger partial charge in [0.15, 0.2) is 0 Å². The highest BCUT2D eigenvalue weighted by Gasteiger charge is 2.40. The predicted octanol–water partition coefficient (Wildman–Crippen LogP) is 0.930. The van der Waals surface area contributed by atoms with Crippen LogP contribution in [0.25, 0.3) is 0 Å². The van der Waals surface area contributed by atoms with E-state index in [-0.39, 0.29) is 5.91 Å². The first-order valence-corrected chi connectivity index (χ1v) is 5.24. The van der Waals surface area contributed by atoms with Crippen molar-refractivity contribution in [2.45, 2.75) is 13.8 Å². The van der Waals surface area contributed by atoms with Gasteiger partial charge in [-0.05, 0) is 6.92 Å². The topological polar surface area (TPSA) is 23.6 Å². The minimum absolute atomic E-state index is 0.223. The van der Waals surface area contributed by atoms with E-state index in [9.17, 15) is 4.79 Å². The van der Waals surface area contributed by atoms with E-state index in [0.717, 1.165) is 31.9 Å². The third-order valence-corrected chi connectivity index (χ3v) is 3.47. The minimum atomic E-state index is 0.223. The van der Waals surface area contributed by atoms with Crippen LogP contribution in [0.15, 0.2) is 12.3 Å². The molecule has 3 nitrogen and oxygen atoms in total. The second-order valence-electron chi connectivity index (χ2n) is 4.58. The molecule has 2 saturated heterocycles. The Morgan fingerprint density at radius 3 is 1.86 bits per heavy atom. The van der Waals surface area contributed by atoms with Crippen LogP contribution in [0.1, 0.15) is 13.8 Å². The molecule has 2 aliphatic heterocycles. The molecular weight excluding hydrogens is 176 g/mol. The summed E-state index contributed by atoms with van der Waals surface area (Å²) in [6, 6.07) is 0. The summed E-state index contributed by atoms with van der Waals surface area (Å²) in [7, 11) is 0. The Kier molecular flexibility index (Phi) is 2.25. The molecule has 0 radical (unpaired) electrons. The molecule has 2 atom stereocenters. The monoisotopic (exact) mass is 194 g/mol. The molecule has 0 spiro atoms. The number of carbonyl (C=O) groups excluding carboxylic acids is 1. The van der Waals surface area contributed by atoms with Gasteiger partial charge in [-0.15, -0.1) is 0 Å². The maximum absolute atomic E-state index is 11.2. The normalized spacial score (nSPS) is 30.7. The average molecular weight is 194 g/mol. The fourth-order valence-corrected chi connectivity index (χ4v) is 2.56. The molecule has 2 heterocycles. The quantitative estimate of drug-likeness (QED) is 0.620. The van der Waals surface area contributed by atoms with E-state index in [2.05, 4.69) is 18.4 Å². The van der Waals surface area contributed by atoms with Gasteiger partial charge in [-0.2, -0.15) is 0 Å². The maximum atomic E-state index is 11.2. The Hall–Kier alpha value is -0.990. The second kappa shape index (κ2) is 3.30. The number of amides is 1. The highest BCUT2D eigenvalue weighted by atomic mass is 16.2. The number of likely N-dealkylation sites (tertiary alicyclic amines) is 2. The van der Waals surface area contributed by atoms with Crippen LogP contribution in [0.2, 0.25) is 0 Å². The zero-order valence-electron chi connectivity index (χ0n) is 8.99. The van der Waals surface area contributed by atoms with E-state index in [1.807, 2.05) is 4.90 Å². The summed E-state index contributed by atoms with van der Waals surface area (Å²) in [6.45, 7) is 11.8. The zero-order chi connectivity index (χ0) is 10.3. The van der Waals surface area contributed by atoms with Gasteiger partial charge < -0.3 is 9.80 Å². The lowest BCUT2D eigenvalue weighted by atomic mass is 10.0. The standard InChI is InChI=1S/C11H18N2O/c1-8(2)12-4-10-6-13(9(3)14)7-11(10)5-12/h10-11H,1,4-7H2,2-3H3. The van der Waals surface area contributed by atoms with Gasteiger partial charge in [0.05, 0.1) is 0 Å². The molecule has 0 aromatic heterocycles. The van der Waals surface area contributed by atoms with Crippen LogP contribution in [-0.4, -0.2) is 41.9 Å². The van der Waals surface area contributed by atoms with Gasteiger partial charge in [0, 0.05) is 50.6 Å². The Bertz CT molecular complexity index is 234. The van der Waals surface area contributed by atoms with Gasteiger partial charge in [-0.1, -0.05) is 6.58 Å². The number of hydrogen-bond acceptors (Lipinski definition) is 2. The van der Waals surface area contributed by atoms with Crippen molar-refractivity contribution in [3.05, 3.63) is 12.3 Å². The third-order valence-electron chi connectivity index (χ3n) is 3.47. The van der Waals surface area contributed by atoms with Gasteiger partial charge in [0.2, 0.25) is 5.91 Å². The summed E-state index contributed by atoms with van der Waals surface area (Å²) >= 11 is 0. The molecule has 0 saturated carbocycles. The number of rotatable bonds is 1. The van der Waals surface area contributed by atoms with Gasteiger partial charge in [-0.25, -0.2) is 0 Å². The van der Waals surface area contributed by atoms with Gasteiger partial charge in [0.1, 0.15) is 0 Å². The lowest BCUT2D eigenvalue weighted by molar-refractivity contribution is -0.128. The number of allylic oxidation sites excluding steroid dienone is 1. The van der Waals surface area contributed by atoms with Crippen molar-refractivity contribution < 1.29 is 4.79 Å². The first kappa shape index (κ1) is 9.56. The van der Waals surface area contributed by atoms with Gasteiger partial charge in [-0.3, -0.25) is 4.79 Å². The Morgan fingerprint density at radius 1 is 1.07 bits per heavy atom. The molecule has 0 N–H and O–H groups in total. The fourth-order valence-electron chi connectivity index (χ4n) is 2.56. The number of fused-ring (bicyclic) bond motifs is 1. The van der Waals surface area contributed by atoms with E-state index in [4.69, 9.17) is 0 Å². The van der Waals surface area contributed by atoms with E-state index in [1.54, 1.807) is 6.92 Å². The average Bonchev–Trinajstić information content (AvgIpc) is 2.57. The third kappa shape index (κ3) is 1.51. The molecule has 0 bridgehead atoms. The van der Waals surface area contributed by atoms with Crippen LogP contribution < -0.4 is 0 Å².